The molecule has 4 nitrogen and oxygen atoms in total. The molecule has 0 aliphatic carbocycles. The van der Waals surface area contributed by atoms with Gasteiger partial charge in [-0.05, 0) is 37.0 Å². The number of thioether (sulfide) groups is 2. The second-order valence-electron chi connectivity index (χ2n) is 4.80. The van der Waals surface area contributed by atoms with Crippen molar-refractivity contribution in [3.8, 4) is 5.69 Å². The van der Waals surface area contributed by atoms with E-state index in [1.807, 2.05) is 36.6 Å². The number of nitrogens with one attached hydrogen (secondary N) is 1. The lowest BCUT2D eigenvalue weighted by molar-refractivity contribution is -0.115. The summed E-state index contributed by atoms with van der Waals surface area (Å²) in [7, 11) is 0. The molecule has 21 heavy (non-hydrogen) atoms. The van der Waals surface area contributed by atoms with Crippen molar-refractivity contribution in [2.45, 2.75) is 23.0 Å². The van der Waals surface area contributed by atoms with Gasteiger partial charge < -0.3 is 5.32 Å². The van der Waals surface area contributed by atoms with Gasteiger partial charge in [-0.2, -0.15) is 5.10 Å². The van der Waals surface area contributed by atoms with Crippen molar-refractivity contribution in [1.82, 2.24) is 9.78 Å². The molecule has 1 aromatic carbocycles. The molecule has 1 aromatic heterocycles. The van der Waals surface area contributed by atoms with Crippen LogP contribution in [0.5, 0.6) is 0 Å². The number of hydrogen-bond donors (Lipinski definition) is 1. The van der Waals surface area contributed by atoms with Gasteiger partial charge in [-0.25, -0.2) is 4.68 Å². The number of nitrogens with zero attached hydrogens (tertiary/aromatic N) is 2. The third-order valence-electron chi connectivity index (χ3n) is 3.42. The Hall–Kier alpha value is -1.40. The molecule has 1 atom stereocenters. The lowest BCUT2D eigenvalue weighted by Gasteiger charge is -2.13. The monoisotopic (exact) mass is 319 g/mol. The van der Waals surface area contributed by atoms with Crippen LogP contribution in [0, 0.1) is 0 Å². The molecule has 1 aliphatic rings. The number of rotatable bonds is 4. The van der Waals surface area contributed by atoms with Gasteiger partial charge >= 0.3 is 0 Å². The van der Waals surface area contributed by atoms with E-state index in [0.717, 1.165) is 35.0 Å². The van der Waals surface area contributed by atoms with E-state index in [4.69, 9.17) is 0 Å². The van der Waals surface area contributed by atoms with E-state index in [-0.39, 0.29) is 11.2 Å². The first-order valence-corrected chi connectivity index (χ1v) is 9.17. The van der Waals surface area contributed by atoms with Crippen molar-refractivity contribution in [2.24, 2.45) is 0 Å². The van der Waals surface area contributed by atoms with Gasteiger partial charge in [0.15, 0.2) is 0 Å². The van der Waals surface area contributed by atoms with E-state index >= 15 is 0 Å². The largest absolute Gasteiger partial charge is 0.309 e. The quantitative estimate of drug-likeness (QED) is 0.877. The Balaban J connectivity index is 1.89. The van der Waals surface area contributed by atoms with Crippen molar-refractivity contribution in [3.63, 3.8) is 0 Å². The summed E-state index contributed by atoms with van der Waals surface area (Å²) < 4.78 is 1.79. The van der Waals surface area contributed by atoms with E-state index in [9.17, 15) is 4.79 Å². The molecule has 0 saturated carbocycles. The highest BCUT2D eigenvalue weighted by Gasteiger charge is 2.25. The first kappa shape index (κ1) is 14.5. The zero-order chi connectivity index (χ0) is 14.7. The van der Waals surface area contributed by atoms with Crippen LogP contribution < -0.4 is 5.32 Å². The molecule has 2 heterocycles. The van der Waals surface area contributed by atoms with Gasteiger partial charge in [-0.3, -0.25) is 4.79 Å². The normalized spacial score (nSPS) is 17.9. The number of benzene rings is 1. The predicted octanol–water partition coefficient (Wildman–Crippen LogP) is 3.43. The average molecular weight is 319 g/mol. The molecule has 1 unspecified atom stereocenters. The van der Waals surface area contributed by atoms with Crippen molar-refractivity contribution in [3.05, 3.63) is 36.5 Å². The Kier molecular flexibility index (Phi) is 4.55. The first-order chi connectivity index (χ1) is 10.3. The van der Waals surface area contributed by atoms with Gasteiger partial charge in [-0.15, -0.1) is 23.5 Å². The number of aromatic nitrogens is 2. The van der Waals surface area contributed by atoms with Gasteiger partial charge in [0.25, 0.3) is 0 Å². The first-order valence-electron chi connectivity index (χ1n) is 6.89. The van der Waals surface area contributed by atoms with Crippen molar-refractivity contribution in [1.29, 1.82) is 0 Å². The Morgan fingerprint density at radius 2 is 2.24 bits per heavy atom. The number of carbonyl (C=O) groups excluding carboxylic acids is 1. The van der Waals surface area contributed by atoms with Crippen LogP contribution >= 0.6 is 23.5 Å². The molecule has 1 amide bonds. The van der Waals surface area contributed by atoms with E-state index in [2.05, 4.69) is 10.4 Å². The van der Waals surface area contributed by atoms with Crippen LogP contribution in [0.15, 0.2) is 41.4 Å². The molecule has 0 radical (unpaired) electrons. The second-order valence-corrected chi connectivity index (χ2v) is 6.96. The molecule has 110 valence electrons. The summed E-state index contributed by atoms with van der Waals surface area (Å²) >= 11 is 3.33. The Labute approximate surface area is 132 Å². The number of anilines is 1. The van der Waals surface area contributed by atoms with Gasteiger partial charge in [0.05, 0.1) is 22.0 Å². The molecule has 0 bridgehead atoms. The Bertz CT molecular complexity index is 621. The maximum Gasteiger partial charge on any atom is 0.238 e. The van der Waals surface area contributed by atoms with E-state index in [0.29, 0.717) is 0 Å². The summed E-state index contributed by atoms with van der Waals surface area (Å²) in [6, 6.07) is 9.87. The summed E-state index contributed by atoms with van der Waals surface area (Å²) in [6.07, 6.45) is 5.88. The van der Waals surface area contributed by atoms with Gasteiger partial charge in [0.2, 0.25) is 5.91 Å². The fourth-order valence-corrected chi connectivity index (χ4v) is 3.99. The molecular formula is C15H17N3OS2. The Morgan fingerprint density at radius 1 is 1.43 bits per heavy atom. The Morgan fingerprint density at radius 3 is 2.90 bits per heavy atom. The van der Waals surface area contributed by atoms with Crippen molar-refractivity contribution in [2.75, 3.05) is 17.3 Å². The van der Waals surface area contributed by atoms with E-state index < -0.39 is 0 Å². The summed E-state index contributed by atoms with van der Waals surface area (Å²) in [5.41, 5.74) is 0.951. The minimum Gasteiger partial charge on any atom is -0.309 e. The topological polar surface area (TPSA) is 46.9 Å². The third-order valence-corrected chi connectivity index (χ3v) is 5.54. The number of amides is 1. The van der Waals surface area contributed by atoms with Gasteiger partial charge in [0, 0.05) is 0 Å². The summed E-state index contributed by atoms with van der Waals surface area (Å²) in [5, 5.41) is 7.55. The highest BCUT2D eigenvalue weighted by atomic mass is 32.2. The maximum atomic E-state index is 12.4. The maximum absolute atomic E-state index is 12.4. The van der Waals surface area contributed by atoms with Crippen LogP contribution in [-0.2, 0) is 4.79 Å². The lowest BCUT2D eigenvalue weighted by atomic mass is 10.2. The van der Waals surface area contributed by atoms with Crippen LogP contribution in [0.3, 0.4) is 0 Å². The van der Waals surface area contributed by atoms with Crippen molar-refractivity contribution >= 4 is 35.2 Å². The standard InChI is InChI=1S/C15H17N3OS2/c1-20-13-10-16-18(11-6-3-2-4-7-11)14(13)17-15(19)12-8-5-9-21-12/h2-4,6-7,10,12H,5,8-9H2,1H3,(H,17,19). The molecule has 0 spiro atoms. The predicted molar refractivity (Wildman–Crippen MR) is 89.5 cm³/mol. The highest BCUT2D eigenvalue weighted by molar-refractivity contribution is 8.00. The number of para-hydroxylation sites is 1. The molecule has 6 heteroatoms. The van der Waals surface area contributed by atoms with E-state index in [1.54, 1.807) is 34.4 Å². The highest BCUT2D eigenvalue weighted by Crippen LogP contribution is 2.31. The van der Waals surface area contributed by atoms with Crippen molar-refractivity contribution < 1.29 is 4.79 Å². The fraction of sp³-hybridized carbons (Fsp3) is 0.333. The van der Waals surface area contributed by atoms with Crippen LogP contribution in [0.25, 0.3) is 5.69 Å². The summed E-state index contributed by atoms with van der Waals surface area (Å²) in [6.45, 7) is 0. The molecule has 1 saturated heterocycles. The lowest BCUT2D eigenvalue weighted by Crippen LogP contribution is -2.24. The number of carbonyl (C=O) groups is 1. The number of hydrogen-bond acceptors (Lipinski definition) is 4. The van der Waals surface area contributed by atoms with Crippen LogP contribution in [-0.4, -0.2) is 32.9 Å². The minimum atomic E-state index is 0.0684. The summed E-state index contributed by atoms with van der Waals surface area (Å²) in [5.74, 6) is 1.93. The molecule has 2 aromatic rings. The molecule has 1 fully saturated rings. The van der Waals surface area contributed by atoms with Gasteiger partial charge in [0.1, 0.15) is 5.82 Å². The van der Waals surface area contributed by atoms with Crippen LogP contribution in [0.4, 0.5) is 5.82 Å². The summed E-state index contributed by atoms with van der Waals surface area (Å²) in [4.78, 5) is 13.4. The van der Waals surface area contributed by atoms with Crippen LogP contribution in [0.2, 0.25) is 0 Å². The smallest absolute Gasteiger partial charge is 0.238 e. The molecular weight excluding hydrogens is 302 g/mol. The molecule has 1 aliphatic heterocycles. The molecule has 3 rings (SSSR count). The van der Waals surface area contributed by atoms with Crippen LogP contribution in [0.1, 0.15) is 12.8 Å². The molecule has 1 N–H and O–H groups in total. The van der Waals surface area contributed by atoms with E-state index in [1.165, 1.54) is 0 Å². The average Bonchev–Trinajstić information content (AvgIpc) is 3.17. The zero-order valence-electron chi connectivity index (χ0n) is 11.8. The zero-order valence-corrected chi connectivity index (χ0v) is 13.4. The van der Waals surface area contributed by atoms with Gasteiger partial charge in [-0.1, -0.05) is 18.2 Å². The minimum absolute atomic E-state index is 0.0684. The fourth-order valence-electron chi connectivity index (χ4n) is 2.34. The SMILES string of the molecule is CSc1cnn(-c2ccccc2)c1NC(=O)C1CCCS1. The second kappa shape index (κ2) is 6.58. The third kappa shape index (κ3) is 3.11.